The number of phenols is 3. The summed E-state index contributed by atoms with van der Waals surface area (Å²) in [5.74, 6) is -0.336. The first-order chi connectivity index (χ1) is 17.9. The fraction of sp³-hybridized carbons (Fsp3) is 0.138. The molecule has 0 heterocycles. The van der Waals surface area contributed by atoms with Crippen molar-refractivity contribution >= 4 is 96.3 Å². The van der Waals surface area contributed by atoms with Gasteiger partial charge >= 0.3 is 5.97 Å². The smallest absolute Gasteiger partial charge is 0.342 e. The van der Waals surface area contributed by atoms with E-state index in [0.717, 1.165) is 27.8 Å². The highest BCUT2D eigenvalue weighted by Crippen LogP contribution is 2.45. The molecule has 4 rings (SSSR count). The predicted molar refractivity (Wildman–Crippen MR) is 181 cm³/mol. The lowest BCUT2D eigenvalue weighted by Gasteiger charge is -2.33. The summed E-state index contributed by atoms with van der Waals surface area (Å²) in [5, 5.41) is 31.8. The summed E-state index contributed by atoms with van der Waals surface area (Å²) in [6.45, 7) is 3.97. The van der Waals surface area contributed by atoms with Gasteiger partial charge < -0.3 is 20.1 Å². The van der Waals surface area contributed by atoms with E-state index in [0.29, 0.717) is 14.3 Å². The third-order valence-corrected chi connectivity index (χ3v) is 9.79. The predicted octanol–water partition coefficient (Wildman–Crippen LogP) is 8.24. The van der Waals surface area contributed by atoms with Crippen LogP contribution in [0, 0.1) is 21.2 Å². The van der Waals surface area contributed by atoms with Crippen LogP contribution in [-0.2, 0) is 16.8 Å². The first-order valence-electron chi connectivity index (χ1n) is 11.4. The zero-order valence-electron chi connectivity index (χ0n) is 20.2. The van der Waals surface area contributed by atoms with Gasteiger partial charge in [0.05, 0.1) is 14.3 Å². The average molecular weight is 958 g/mol. The Bertz CT molecular complexity index is 1430. The minimum absolute atomic E-state index is 0.0717. The molecule has 0 aromatic heterocycles. The number of benzene rings is 4. The molecule has 0 aliphatic rings. The highest BCUT2D eigenvalue weighted by atomic mass is 127. The molecule has 38 heavy (non-hydrogen) atoms. The van der Waals surface area contributed by atoms with Crippen LogP contribution in [0.5, 0.6) is 17.2 Å². The fourth-order valence-electron chi connectivity index (χ4n) is 4.22. The van der Waals surface area contributed by atoms with Crippen LogP contribution < -0.4 is 0 Å². The lowest BCUT2D eigenvalue weighted by atomic mass is 9.70. The zero-order chi connectivity index (χ0) is 27.8. The number of hydrogen-bond acceptors (Lipinski definition) is 5. The van der Waals surface area contributed by atoms with E-state index in [4.69, 9.17) is 4.74 Å². The van der Waals surface area contributed by atoms with Crippen molar-refractivity contribution < 1.29 is 24.9 Å². The van der Waals surface area contributed by atoms with E-state index in [-0.39, 0.29) is 29.4 Å². The Morgan fingerprint density at radius 2 is 1.21 bits per heavy atom. The van der Waals surface area contributed by atoms with Crippen molar-refractivity contribution in [3.63, 3.8) is 0 Å². The summed E-state index contributed by atoms with van der Waals surface area (Å²) in [6.07, 6.45) is 0. The van der Waals surface area contributed by atoms with Crippen molar-refractivity contribution in [3.05, 3.63) is 114 Å². The molecule has 0 saturated carbocycles. The second kappa shape index (κ2) is 12.0. The maximum Gasteiger partial charge on any atom is 0.342 e. The molecule has 4 aromatic carbocycles. The monoisotopic (exact) mass is 958 g/mol. The van der Waals surface area contributed by atoms with Crippen LogP contribution in [0.3, 0.4) is 0 Å². The number of phenolic OH excluding ortho intramolecular Hbond substituents is 3. The van der Waals surface area contributed by atoms with Crippen molar-refractivity contribution in [3.8, 4) is 17.2 Å². The minimum Gasteiger partial charge on any atom is -0.507 e. The molecule has 3 N–H and O–H groups in total. The molecule has 0 radical (unpaired) electrons. The maximum atomic E-state index is 13.2. The van der Waals surface area contributed by atoms with E-state index in [9.17, 15) is 20.1 Å². The Hall–Kier alpha value is -1.33. The van der Waals surface area contributed by atoms with Gasteiger partial charge in [-0.1, -0.05) is 36.4 Å². The number of aromatic hydroxyl groups is 3. The topological polar surface area (TPSA) is 87.0 Å². The Kier molecular flexibility index (Phi) is 9.40. The molecule has 0 aliphatic heterocycles. The van der Waals surface area contributed by atoms with E-state index in [1.165, 1.54) is 0 Å². The number of ether oxygens (including phenoxy) is 1. The second-order valence-corrected chi connectivity index (χ2v) is 13.6. The molecule has 5 nitrogen and oxygen atoms in total. The van der Waals surface area contributed by atoms with Gasteiger partial charge in [0.1, 0.15) is 29.4 Å². The molecule has 196 valence electrons. The van der Waals surface area contributed by atoms with Crippen LogP contribution in [0.4, 0.5) is 0 Å². The first kappa shape index (κ1) is 29.6. The number of aryl methyl sites for hydroxylation is 1. The second-order valence-electron chi connectivity index (χ2n) is 8.95. The van der Waals surface area contributed by atoms with Gasteiger partial charge in [0, 0.05) is 5.41 Å². The molecule has 0 aliphatic carbocycles. The van der Waals surface area contributed by atoms with Crippen LogP contribution in [-0.4, -0.2) is 21.3 Å². The van der Waals surface area contributed by atoms with Crippen LogP contribution >= 0.6 is 90.4 Å². The fourth-order valence-corrected chi connectivity index (χ4v) is 7.38. The summed E-state index contributed by atoms with van der Waals surface area (Å²) >= 11 is 8.35. The van der Waals surface area contributed by atoms with Crippen LogP contribution in [0.2, 0.25) is 0 Å². The molecule has 1 atom stereocenters. The molecular formula is C29H22I4O5. The van der Waals surface area contributed by atoms with Crippen LogP contribution in [0.25, 0.3) is 0 Å². The number of esters is 1. The van der Waals surface area contributed by atoms with Gasteiger partial charge in [-0.3, -0.25) is 0 Å². The van der Waals surface area contributed by atoms with Gasteiger partial charge in [-0.2, -0.15) is 0 Å². The number of halogens is 4. The van der Waals surface area contributed by atoms with Gasteiger partial charge in [0.2, 0.25) is 0 Å². The van der Waals surface area contributed by atoms with Gasteiger partial charge in [0.25, 0.3) is 0 Å². The Labute approximate surface area is 275 Å². The number of carbonyl (C=O) groups is 1. The number of rotatable bonds is 6. The molecular weight excluding hydrogens is 936 g/mol. The van der Waals surface area contributed by atoms with Crippen LogP contribution in [0.1, 0.15) is 45.1 Å². The highest BCUT2D eigenvalue weighted by molar-refractivity contribution is 14.1. The third-order valence-electron chi connectivity index (χ3n) is 6.50. The molecule has 1 unspecified atom stereocenters. The summed E-state index contributed by atoms with van der Waals surface area (Å²) in [7, 11) is 0. The van der Waals surface area contributed by atoms with E-state index >= 15 is 0 Å². The molecule has 9 heteroatoms. The quantitative estimate of drug-likeness (QED) is 0.103. The summed E-state index contributed by atoms with van der Waals surface area (Å²) in [6, 6.07) is 20.6. The lowest BCUT2D eigenvalue weighted by molar-refractivity contribution is 0.0469. The maximum absolute atomic E-state index is 13.2. The standard InChI is InChI=1S/C29H22I4O5/c1-15-8-17(10-21(30)25(15)34)29(2,19-12-23(32)27(36)24(33)13-19)18-9-20(26(35)22(31)11-18)28(37)38-14-16-6-4-3-5-7-16/h3-13,34-36H,14H2,1-2H3. The molecule has 4 aromatic rings. The molecule has 0 bridgehead atoms. The van der Waals surface area contributed by atoms with Crippen LogP contribution in [0.15, 0.2) is 66.7 Å². The largest absolute Gasteiger partial charge is 0.507 e. The SMILES string of the molecule is Cc1cc(C(C)(c2cc(I)c(O)c(I)c2)c2cc(I)c(O)c(C(=O)OCc3ccccc3)c2)cc(I)c1O. The third kappa shape index (κ3) is 5.89. The van der Waals surface area contributed by atoms with Crippen molar-refractivity contribution in [2.75, 3.05) is 0 Å². The summed E-state index contributed by atoms with van der Waals surface area (Å²) < 4.78 is 8.15. The normalized spacial score (nSPS) is 12.7. The molecule has 0 saturated heterocycles. The van der Waals surface area contributed by atoms with Crippen molar-refractivity contribution in [1.82, 2.24) is 0 Å². The zero-order valence-corrected chi connectivity index (χ0v) is 28.9. The Morgan fingerprint density at radius 1 is 0.737 bits per heavy atom. The van der Waals surface area contributed by atoms with E-state index < -0.39 is 11.4 Å². The number of carbonyl (C=O) groups excluding carboxylic acids is 1. The first-order valence-corrected chi connectivity index (χ1v) is 15.7. The average Bonchev–Trinajstić information content (AvgIpc) is 2.89. The van der Waals surface area contributed by atoms with E-state index in [1.807, 2.05) is 97.1 Å². The van der Waals surface area contributed by atoms with Gasteiger partial charge in [-0.25, -0.2) is 4.79 Å². The molecule has 0 spiro atoms. The van der Waals surface area contributed by atoms with E-state index in [1.54, 1.807) is 6.07 Å². The summed E-state index contributed by atoms with van der Waals surface area (Å²) in [5.41, 5.74) is 3.35. The minimum atomic E-state index is -0.812. The lowest BCUT2D eigenvalue weighted by Crippen LogP contribution is -2.27. The summed E-state index contributed by atoms with van der Waals surface area (Å²) in [4.78, 5) is 13.2. The van der Waals surface area contributed by atoms with E-state index in [2.05, 4.69) is 67.8 Å². The Balaban J connectivity index is 1.91. The van der Waals surface area contributed by atoms with Gasteiger partial charge in [-0.15, -0.1) is 0 Å². The number of hydrogen-bond donors (Lipinski definition) is 3. The molecule has 0 fully saturated rings. The van der Waals surface area contributed by atoms with Crippen molar-refractivity contribution in [2.24, 2.45) is 0 Å². The Morgan fingerprint density at radius 3 is 1.76 bits per heavy atom. The van der Waals surface area contributed by atoms with Gasteiger partial charge in [0.15, 0.2) is 0 Å². The van der Waals surface area contributed by atoms with Gasteiger partial charge in [-0.05, 0) is 162 Å². The highest BCUT2D eigenvalue weighted by Gasteiger charge is 2.35. The van der Waals surface area contributed by atoms with Crippen molar-refractivity contribution in [1.29, 1.82) is 0 Å². The molecule has 0 amide bonds. The van der Waals surface area contributed by atoms with Crippen molar-refractivity contribution in [2.45, 2.75) is 25.9 Å².